The lowest BCUT2D eigenvalue weighted by Gasteiger charge is -2.25. The molecule has 0 saturated carbocycles. The molecule has 0 unspecified atom stereocenters. The Bertz CT molecular complexity index is 822. The molecule has 0 saturated heterocycles. The second kappa shape index (κ2) is 5.40. The minimum Gasteiger partial charge on any atom is -0.359 e. The van der Waals surface area contributed by atoms with E-state index in [0.717, 1.165) is 10.4 Å². The molecular formula is C13H15N3O4S2. The Balaban J connectivity index is 1.87. The van der Waals surface area contributed by atoms with E-state index >= 15 is 0 Å². The summed E-state index contributed by atoms with van der Waals surface area (Å²) < 4.78 is 32.4. The van der Waals surface area contributed by atoms with Crippen molar-refractivity contribution in [2.45, 2.75) is 31.0 Å². The molecule has 22 heavy (non-hydrogen) atoms. The van der Waals surface area contributed by atoms with Gasteiger partial charge in [-0.2, -0.15) is 0 Å². The SMILES string of the molecule is CC(=O)N1CCc2sc(S(=O)(=O)Nc3cnoc3C)cc2C1. The predicted molar refractivity (Wildman–Crippen MR) is 81.2 cm³/mol. The third-order valence-electron chi connectivity index (χ3n) is 3.55. The number of hydrogen-bond acceptors (Lipinski definition) is 6. The van der Waals surface area contributed by atoms with Crippen molar-refractivity contribution in [3.63, 3.8) is 0 Å². The van der Waals surface area contributed by atoms with Gasteiger partial charge in [-0.05, 0) is 25.0 Å². The number of carbonyl (C=O) groups is 1. The molecule has 7 nitrogen and oxygen atoms in total. The fourth-order valence-corrected chi connectivity index (χ4v) is 4.94. The average Bonchev–Trinajstić information content (AvgIpc) is 3.04. The first-order chi connectivity index (χ1) is 10.4. The highest BCUT2D eigenvalue weighted by atomic mass is 32.2. The molecule has 0 bridgehead atoms. The largest absolute Gasteiger partial charge is 0.359 e. The zero-order chi connectivity index (χ0) is 15.9. The molecule has 0 radical (unpaired) electrons. The van der Waals surface area contributed by atoms with Crippen molar-refractivity contribution < 1.29 is 17.7 Å². The number of aryl methyl sites for hydroxylation is 1. The van der Waals surface area contributed by atoms with E-state index in [2.05, 4.69) is 9.88 Å². The molecule has 1 amide bonds. The van der Waals surface area contributed by atoms with Gasteiger partial charge in [-0.3, -0.25) is 9.52 Å². The lowest BCUT2D eigenvalue weighted by atomic mass is 10.1. The van der Waals surface area contributed by atoms with Gasteiger partial charge in [-0.1, -0.05) is 5.16 Å². The number of aromatic nitrogens is 1. The number of anilines is 1. The van der Waals surface area contributed by atoms with E-state index in [9.17, 15) is 13.2 Å². The maximum atomic E-state index is 12.4. The highest BCUT2D eigenvalue weighted by Crippen LogP contribution is 2.32. The lowest BCUT2D eigenvalue weighted by Crippen LogP contribution is -2.33. The third kappa shape index (κ3) is 2.73. The molecule has 0 spiro atoms. The Morgan fingerprint density at radius 1 is 1.50 bits per heavy atom. The van der Waals surface area contributed by atoms with Gasteiger partial charge in [0, 0.05) is 24.9 Å². The van der Waals surface area contributed by atoms with Crippen molar-refractivity contribution in [3.8, 4) is 0 Å². The van der Waals surface area contributed by atoms with Crippen molar-refractivity contribution in [2.24, 2.45) is 0 Å². The Kier molecular flexibility index (Phi) is 3.69. The summed E-state index contributed by atoms with van der Waals surface area (Å²) in [4.78, 5) is 14.2. The summed E-state index contributed by atoms with van der Waals surface area (Å²) in [6.07, 6.45) is 2.01. The van der Waals surface area contributed by atoms with Crippen LogP contribution in [-0.4, -0.2) is 30.9 Å². The average molecular weight is 341 g/mol. The molecule has 0 aliphatic carbocycles. The van der Waals surface area contributed by atoms with Crippen LogP contribution in [0.15, 0.2) is 21.0 Å². The molecule has 2 aromatic rings. The summed E-state index contributed by atoms with van der Waals surface area (Å²) >= 11 is 1.24. The maximum Gasteiger partial charge on any atom is 0.271 e. The summed E-state index contributed by atoms with van der Waals surface area (Å²) in [7, 11) is -3.67. The van der Waals surface area contributed by atoms with Crippen LogP contribution in [0.4, 0.5) is 5.69 Å². The monoisotopic (exact) mass is 341 g/mol. The Morgan fingerprint density at radius 3 is 2.91 bits per heavy atom. The van der Waals surface area contributed by atoms with Gasteiger partial charge >= 0.3 is 0 Å². The zero-order valence-corrected chi connectivity index (χ0v) is 13.8. The summed E-state index contributed by atoms with van der Waals surface area (Å²) in [5.74, 6) is 0.409. The summed E-state index contributed by atoms with van der Waals surface area (Å²) in [6, 6.07) is 1.64. The quantitative estimate of drug-likeness (QED) is 0.918. The number of fused-ring (bicyclic) bond motifs is 1. The molecule has 1 aliphatic heterocycles. The zero-order valence-electron chi connectivity index (χ0n) is 12.1. The van der Waals surface area contributed by atoms with E-state index in [0.29, 0.717) is 31.0 Å². The van der Waals surface area contributed by atoms with Gasteiger partial charge in [-0.15, -0.1) is 11.3 Å². The number of hydrogen-bond donors (Lipinski definition) is 1. The molecular weight excluding hydrogens is 326 g/mol. The van der Waals surface area contributed by atoms with Crippen LogP contribution in [0.1, 0.15) is 23.1 Å². The molecule has 118 valence electrons. The van der Waals surface area contributed by atoms with E-state index in [4.69, 9.17) is 4.52 Å². The first-order valence-corrected chi connectivity index (χ1v) is 8.98. The van der Waals surface area contributed by atoms with Crippen LogP contribution in [0.3, 0.4) is 0 Å². The van der Waals surface area contributed by atoms with Crippen LogP contribution in [0.25, 0.3) is 0 Å². The summed E-state index contributed by atoms with van der Waals surface area (Å²) in [5.41, 5.74) is 1.23. The van der Waals surface area contributed by atoms with Crippen LogP contribution in [0.5, 0.6) is 0 Å². The molecule has 1 N–H and O–H groups in total. The normalized spacial score (nSPS) is 14.7. The molecule has 1 aliphatic rings. The fraction of sp³-hybridized carbons (Fsp3) is 0.385. The number of nitrogens with one attached hydrogen (secondary N) is 1. The van der Waals surface area contributed by atoms with Gasteiger partial charge in [0.25, 0.3) is 10.0 Å². The highest BCUT2D eigenvalue weighted by Gasteiger charge is 2.26. The van der Waals surface area contributed by atoms with Gasteiger partial charge in [0.2, 0.25) is 5.91 Å². The molecule has 3 heterocycles. The highest BCUT2D eigenvalue weighted by molar-refractivity contribution is 7.94. The summed E-state index contributed by atoms with van der Waals surface area (Å²) in [5, 5.41) is 3.55. The minimum atomic E-state index is -3.67. The number of nitrogens with zero attached hydrogens (tertiary/aromatic N) is 2. The predicted octanol–water partition coefficient (Wildman–Crippen LogP) is 1.75. The second-order valence-corrected chi connectivity index (χ2v) is 8.15. The van der Waals surface area contributed by atoms with Gasteiger partial charge in [0.05, 0.1) is 6.20 Å². The second-order valence-electron chi connectivity index (χ2n) is 5.11. The molecule has 9 heteroatoms. The number of carbonyl (C=O) groups excluding carboxylic acids is 1. The van der Waals surface area contributed by atoms with Crippen LogP contribution in [-0.2, 0) is 27.8 Å². The van der Waals surface area contributed by atoms with Crippen LogP contribution in [0.2, 0.25) is 0 Å². The van der Waals surface area contributed by atoms with Crippen LogP contribution < -0.4 is 4.72 Å². The number of rotatable bonds is 3. The summed E-state index contributed by atoms with van der Waals surface area (Å²) in [6.45, 7) is 4.24. The van der Waals surface area contributed by atoms with Crippen molar-refractivity contribution >= 4 is 33.0 Å². The fourth-order valence-electron chi connectivity index (χ4n) is 2.30. The van der Waals surface area contributed by atoms with E-state index in [1.54, 1.807) is 17.9 Å². The van der Waals surface area contributed by atoms with Crippen molar-refractivity contribution in [2.75, 3.05) is 11.3 Å². The maximum absolute atomic E-state index is 12.4. The van der Waals surface area contributed by atoms with E-state index in [1.165, 1.54) is 24.5 Å². The van der Waals surface area contributed by atoms with E-state index < -0.39 is 10.0 Å². The topological polar surface area (TPSA) is 92.5 Å². The lowest BCUT2D eigenvalue weighted by molar-refractivity contribution is -0.129. The Morgan fingerprint density at radius 2 is 2.27 bits per heavy atom. The third-order valence-corrected chi connectivity index (χ3v) is 6.63. The standard InChI is InChI=1S/C13H15N3O4S2/c1-8-11(6-14-20-8)15-22(18,19)13-5-10-7-16(9(2)17)4-3-12(10)21-13/h5-6,15H,3-4,7H2,1-2H3. The number of thiophene rings is 1. The molecule has 0 fully saturated rings. The Labute approximate surface area is 132 Å². The smallest absolute Gasteiger partial charge is 0.271 e. The van der Waals surface area contributed by atoms with Crippen LogP contribution >= 0.6 is 11.3 Å². The van der Waals surface area contributed by atoms with E-state index in [1.807, 2.05) is 0 Å². The molecule has 2 aromatic heterocycles. The van der Waals surface area contributed by atoms with Crippen molar-refractivity contribution in [1.29, 1.82) is 0 Å². The molecule has 3 rings (SSSR count). The van der Waals surface area contributed by atoms with Gasteiger partial charge in [0.15, 0.2) is 5.76 Å². The van der Waals surface area contributed by atoms with Gasteiger partial charge < -0.3 is 9.42 Å². The van der Waals surface area contributed by atoms with Crippen molar-refractivity contribution in [1.82, 2.24) is 10.1 Å². The number of sulfonamides is 1. The Hall–Kier alpha value is -1.87. The van der Waals surface area contributed by atoms with Gasteiger partial charge in [-0.25, -0.2) is 8.42 Å². The minimum absolute atomic E-state index is 0.000483. The molecule has 0 atom stereocenters. The van der Waals surface area contributed by atoms with Crippen molar-refractivity contribution in [3.05, 3.63) is 28.5 Å². The van der Waals surface area contributed by atoms with Gasteiger partial charge in [0.1, 0.15) is 9.90 Å². The van der Waals surface area contributed by atoms with Crippen LogP contribution in [0, 0.1) is 6.92 Å². The first kappa shape index (κ1) is 15.0. The number of amides is 1. The molecule has 0 aromatic carbocycles. The van der Waals surface area contributed by atoms with E-state index in [-0.39, 0.29) is 10.1 Å². The first-order valence-electron chi connectivity index (χ1n) is 6.68.